The van der Waals surface area contributed by atoms with Crippen molar-refractivity contribution in [3.05, 3.63) is 42.7 Å². The monoisotopic (exact) mass is 367 g/mol. The van der Waals surface area contributed by atoms with Gasteiger partial charge in [0.2, 0.25) is 5.91 Å². The second kappa shape index (κ2) is 7.02. The fourth-order valence-corrected chi connectivity index (χ4v) is 3.61. The molecule has 0 aromatic carbocycles. The SMILES string of the molecule is CC(C)c1nccn1[C@@H](C)C(=O)N1CCN(c2ccc3nccn3n2)CC1. The van der Waals surface area contributed by atoms with Crippen molar-refractivity contribution in [1.29, 1.82) is 0 Å². The molecule has 0 unspecified atom stereocenters. The van der Waals surface area contributed by atoms with E-state index in [4.69, 9.17) is 0 Å². The molecule has 0 N–H and O–H groups in total. The van der Waals surface area contributed by atoms with Crippen LogP contribution in [0.15, 0.2) is 36.9 Å². The summed E-state index contributed by atoms with van der Waals surface area (Å²) in [6.07, 6.45) is 7.26. The van der Waals surface area contributed by atoms with Crippen LogP contribution in [-0.4, -0.2) is 61.1 Å². The second-order valence-corrected chi connectivity index (χ2v) is 7.26. The van der Waals surface area contributed by atoms with E-state index in [-0.39, 0.29) is 17.9 Å². The van der Waals surface area contributed by atoms with E-state index in [9.17, 15) is 4.79 Å². The molecule has 1 saturated heterocycles. The third kappa shape index (κ3) is 3.27. The lowest BCUT2D eigenvalue weighted by atomic mass is 10.2. The number of hydrogen-bond donors (Lipinski definition) is 0. The second-order valence-electron chi connectivity index (χ2n) is 7.26. The van der Waals surface area contributed by atoms with Crippen LogP contribution in [0.3, 0.4) is 0 Å². The van der Waals surface area contributed by atoms with E-state index >= 15 is 0 Å². The minimum atomic E-state index is -0.239. The van der Waals surface area contributed by atoms with E-state index in [2.05, 4.69) is 33.8 Å². The van der Waals surface area contributed by atoms with Gasteiger partial charge in [-0.05, 0) is 19.1 Å². The molecule has 3 aromatic rings. The molecule has 1 fully saturated rings. The molecule has 1 aliphatic heterocycles. The number of carbonyl (C=O) groups is 1. The maximum absolute atomic E-state index is 13.0. The van der Waals surface area contributed by atoms with Gasteiger partial charge in [0.05, 0.1) is 0 Å². The van der Waals surface area contributed by atoms with Crippen molar-refractivity contribution in [2.75, 3.05) is 31.1 Å². The van der Waals surface area contributed by atoms with Crippen LogP contribution in [0.2, 0.25) is 0 Å². The maximum atomic E-state index is 13.0. The van der Waals surface area contributed by atoms with Crippen LogP contribution in [0, 0.1) is 0 Å². The fraction of sp³-hybridized carbons (Fsp3) is 0.474. The quantitative estimate of drug-likeness (QED) is 0.705. The van der Waals surface area contributed by atoms with Gasteiger partial charge in [-0.25, -0.2) is 14.5 Å². The first kappa shape index (κ1) is 17.5. The molecule has 1 atom stereocenters. The molecule has 8 heteroatoms. The topological polar surface area (TPSA) is 71.6 Å². The first-order valence-corrected chi connectivity index (χ1v) is 9.41. The van der Waals surface area contributed by atoms with Gasteiger partial charge in [0.1, 0.15) is 17.7 Å². The highest BCUT2D eigenvalue weighted by Crippen LogP contribution is 2.20. The summed E-state index contributed by atoms with van der Waals surface area (Å²) in [6.45, 7) is 9.07. The van der Waals surface area contributed by atoms with Crippen molar-refractivity contribution in [3.63, 3.8) is 0 Å². The highest BCUT2D eigenvalue weighted by Gasteiger charge is 2.27. The number of imidazole rings is 2. The zero-order valence-electron chi connectivity index (χ0n) is 16.0. The highest BCUT2D eigenvalue weighted by atomic mass is 16.2. The normalized spacial score (nSPS) is 16.3. The number of piperazine rings is 1. The molecule has 3 aromatic heterocycles. The van der Waals surface area contributed by atoms with E-state index in [1.165, 1.54) is 0 Å². The Morgan fingerprint density at radius 3 is 2.48 bits per heavy atom. The number of carbonyl (C=O) groups excluding carboxylic acids is 1. The number of nitrogens with zero attached hydrogens (tertiary/aromatic N) is 7. The standard InChI is InChI=1S/C19H25N7O/c1-14(2)18-21-6-8-25(18)15(3)19(27)24-12-10-23(11-13-24)17-5-4-16-20-7-9-26(16)22-17/h4-9,14-15H,10-13H2,1-3H3/t15-/m0/s1. The molecule has 0 aliphatic carbocycles. The van der Waals surface area contributed by atoms with Gasteiger partial charge < -0.3 is 14.4 Å². The van der Waals surface area contributed by atoms with Crippen LogP contribution in [0.1, 0.15) is 38.6 Å². The zero-order valence-corrected chi connectivity index (χ0v) is 16.0. The van der Waals surface area contributed by atoms with Gasteiger partial charge >= 0.3 is 0 Å². The molecule has 0 radical (unpaired) electrons. The summed E-state index contributed by atoms with van der Waals surface area (Å²) >= 11 is 0. The Bertz CT molecular complexity index is 936. The molecular weight excluding hydrogens is 342 g/mol. The first-order chi connectivity index (χ1) is 13.0. The zero-order chi connectivity index (χ0) is 19.0. The molecule has 4 heterocycles. The average Bonchev–Trinajstić information content (AvgIpc) is 3.35. The Balaban J connectivity index is 1.42. The van der Waals surface area contributed by atoms with Crippen LogP contribution in [-0.2, 0) is 4.79 Å². The summed E-state index contributed by atoms with van der Waals surface area (Å²) in [5.41, 5.74) is 0.836. The molecule has 4 rings (SSSR count). The Hall–Kier alpha value is -2.90. The van der Waals surface area contributed by atoms with E-state index in [0.717, 1.165) is 30.4 Å². The lowest BCUT2D eigenvalue weighted by molar-refractivity contribution is -0.134. The predicted octanol–water partition coefficient (Wildman–Crippen LogP) is 1.96. The summed E-state index contributed by atoms with van der Waals surface area (Å²) in [6, 6.07) is 3.72. The predicted molar refractivity (Wildman–Crippen MR) is 103 cm³/mol. The minimum Gasteiger partial charge on any atom is -0.352 e. The van der Waals surface area contributed by atoms with Crippen LogP contribution < -0.4 is 4.90 Å². The summed E-state index contributed by atoms with van der Waals surface area (Å²) in [4.78, 5) is 25.8. The first-order valence-electron chi connectivity index (χ1n) is 9.41. The third-order valence-corrected chi connectivity index (χ3v) is 5.15. The number of fused-ring (bicyclic) bond motifs is 1. The van der Waals surface area contributed by atoms with E-state index < -0.39 is 0 Å². The Kier molecular flexibility index (Phi) is 4.55. The fourth-order valence-electron chi connectivity index (χ4n) is 3.61. The van der Waals surface area contributed by atoms with E-state index in [1.807, 2.05) is 40.9 Å². The van der Waals surface area contributed by atoms with Gasteiger partial charge in [0.15, 0.2) is 5.65 Å². The largest absolute Gasteiger partial charge is 0.352 e. The molecule has 27 heavy (non-hydrogen) atoms. The van der Waals surface area contributed by atoms with Gasteiger partial charge in [-0.1, -0.05) is 13.8 Å². The van der Waals surface area contributed by atoms with Crippen molar-refractivity contribution in [2.45, 2.75) is 32.7 Å². The lowest BCUT2D eigenvalue weighted by Gasteiger charge is -2.36. The lowest BCUT2D eigenvalue weighted by Crippen LogP contribution is -2.50. The van der Waals surface area contributed by atoms with Crippen molar-refractivity contribution in [2.24, 2.45) is 0 Å². The molecule has 8 nitrogen and oxygen atoms in total. The van der Waals surface area contributed by atoms with Gasteiger partial charge in [-0.15, -0.1) is 5.10 Å². The summed E-state index contributed by atoms with van der Waals surface area (Å²) in [5, 5.41) is 4.60. The van der Waals surface area contributed by atoms with Crippen LogP contribution in [0.4, 0.5) is 5.82 Å². The summed E-state index contributed by atoms with van der Waals surface area (Å²) in [7, 11) is 0. The molecule has 1 amide bonds. The Morgan fingerprint density at radius 2 is 1.74 bits per heavy atom. The molecule has 142 valence electrons. The molecule has 1 aliphatic rings. The Morgan fingerprint density at radius 1 is 1.00 bits per heavy atom. The van der Waals surface area contributed by atoms with Crippen LogP contribution >= 0.6 is 0 Å². The minimum absolute atomic E-state index is 0.146. The van der Waals surface area contributed by atoms with E-state index in [1.54, 1.807) is 16.9 Å². The smallest absolute Gasteiger partial charge is 0.245 e. The van der Waals surface area contributed by atoms with Gasteiger partial charge in [-0.3, -0.25) is 4.79 Å². The van der Waals surface area contributed by atoms with Gasteiger partial charge in [-0.2, -0.15) is 0 Å². The number of hydrogen-bond acceptors (Lipinski definition) is 5. The number of rotatable bonds is 4. The van der Waals surface area contributed by atoms with Crippen LogP contribution in [0.5, 0.6) is 0 Å². The number of amides is 1. The summed E-state index contributed by atoms with van der Waals surface area (Å²) < 4.78 is 3.77. The van der Waals surface area contributed by atoms with Crippen molar-refractivity contribution in [1.82, 2.24) is 29.0 Å². The number of aromatic nitrogens is 5. The average molecular weight is 367 g/mol. The Labute approximate surface area is 158 Å². The van der Waals surface area contributed by atoms with E-state index in [0.29, 0.717) is 13.1 Å². The maximum Gasteiger partial charge on any atom is 0.245 e. The van der Waals surface area contributed by atoms with Gasteiger partial charge in [0, 0.05) is 56.9 Å². The van der Waals surface area contributed by atoms with Crippen molar-refractivity contribution in [3.8, 4) is 0 Å². The molecular formula is C19H25N7O. The molecule has 0 spiro atoms. The third-order valence-electron chi connectivity index (χ3n) is 5.15. The highest BCUT2D eigenvalue weighted by molar-refractivity contribution is 5.80. The molecule has 0 saturated carbocycles. The van der Waals surface area contributed by atoms with Gasteiger partial charge in [0.25, 0.3) is 0 Å². The summed E-state index contributed by atoms with van der Waals surface area (Å²) in [5.74, 6) is 2.30. The molecule has 0 bridgehead atoms. The van der Waals surface area contributed by atoms with Crippen LogP contribution in [0.25, 0.3) is 5.65 Å². The van der Waals surface area contributed by atoms with Crippen molar-refractivity contribution >= 4 is 17.4 Å². The van der Waals surface area contributed by atoms with Crippen molar-refractivity contribution < 1.29 is 4.79 Å². The number of anilines is 1.